The number of aliphatic carboxylic acids is 1. The summed E-state index contributed by atoms with van der Waals surface area (Å²) in [7, 11) is 1.51. The van der Waals surface area contributed by atoms with Gasteiger partial charge in [-0.05, 0) is 17.7 Å². The molecule has 1 atom stereocenters. The van der Waals surface area contributed by atoms with E-state index < -0.39 is 17.9 Å². The highest BCUT2D eigenvalue weighted by Gasteiger charge is 2.21. The fourth-order valence-corrected chi connectivity index (χ4v) is 2.14. The standard InChI is InChI=1S/C14H17Cl2NO5/c1-21-4-5-22-8-13(18)17-12(14(19)20)6-9-2-3-10(15)7-11(9)16/h2-3,7,12H,4-6,8H2,1H3,(H,17,18)(H,19,20)/t12-/m1/s1. The maximum atomic E-state index is 11.7. The van der Waals surface area contributed by atoms with Crippen molar-refractivity contribution in [1.29, 1.82) is 0 Å². The van der Waals surface area contributed by atoms with Crippen LogP contribution in [0, 0.1) is 0 Å². The second-order valence-corrected chi connectivity index (χ2v) is 5.29. The summed E-state index contributed by atoms with van der Waals surface area (Å²) in [6.45, 7) is 0.377. The van der Waals surface area contributed by atoms with Gasteiger partial charge in [-0.15, -0.1) is 0 Å². The number of carbonyl (C=O) groups excluding carboxylic acids is 1. The molecule has 1 aromatic rings. The van der Waals surface area contributed by atoms with E-state index >= 15 is 0 Å². The third-order valence-electron chi connectivity index (χ3n) is 2.74. The summed E-state index contributed by atoms with van der Waals surface area (Å²) in [5.74, 6) is -1.68. The van der Waals surface area contributed by atoms with Crippen molar-refractivity contribution in [3.05, 3.63) is 33.8 Å². The average Bonchev–Trinajstić information content (AvgIpc) is 2.45. The van der Waals surface area contributed by atoms with Crippen LogP contribution in [0.15, 0.2) is 18.2 Å². The van der Waals surface area contributed by atoms with Crippen LogP contribution in [-0.4, -0.2) is 50.0 Å². The second-order valence-electron chi connectivity index (χ2n) is 4.44. The van der Waals surface area contributed by atoms with Crippen LogP contribution in [0.4, 0.5) is 0 Å². The van der Waals surface area contributed by atoms with Gasteiger partial charge in [-0.3, -0.25) is 4.79 Å². The number of amides is 1. The summed E-state index contributed by atoms with van der Waals surface area (Å²) in [6.07, 6.45) is 0.0507. The molecule has 8 heteroatoms. The molecule has 0 aliphatic heterocycles. The van der Waals surface area contributed by atoms with E-state index in [0.717, 1.165) is 0 Å². The molecule has 1 rings (SSSR count). The topological polar surface area (TPSA) is 84.9 Å². The molecule has 22 heavy (non-hydrogen) atoms. The Morgan fingerprint density at radius 2 is 2.05 bits per heavy atom. The quantitative estimate of drug-likeness (QED) is 0.663. The van der Waals surface area contributed by atoms with E-state index in [-0.39, 0.29) is 19.6 Å². The van der Waals surface area contributed by atoms with Gasteiger partial charge in [-0.1, -0.05) is 29.3 Å². The molecule has 0 saturated carbocycles. The lowest BCUT2D eigenvalue weighted by molar-refractivity contribution is -0.142. The van der Waals surface area contributed by atoms with E-state index in [1.54, 1.807) is 12.1 Å². The van der Waals surface area contributed by atoms with Gasteiger partial charge in [-0.25, -0.2) is 4.79 Å². The highest BCUT2D eigenvalue weighted by molar-refractivity contribution is 6.35. The maximum Gasteiger partial charge on any atom is 0.326 e. The van der Waals surface area contributed by atoms with Crippen LogP contribution in [0.1, 0.15) is 5.56 Å². The summed E-state index contributed by atoms with van der Waals surface area (Å²) in [4.78, 5) is 22.9. The van der Waals surface area contributed by atoms with Gasteiger partial charge in [0, 0.05) is 23.6 Å². The molecule has 122 valence electrons. The summed E-state index contributed by atoms with van der Waals surface area (Å²) in [5, 5.41) is 12.4. The van der Waals surface area contributed by atoms with Crippen LogP contribution in [0.3, 0.4) is 0 Å². The molecular weight excluding hydrogens is 333 g/mol. The molecule has 0 bridgehead atoms. The zero-order valence-electron chi connectivity index (χ0n) is 12.0. The van der Waals surface area contributed by atoms with Crippen LogP contribution < -0.4 is 5.32 Å². The Morgan fingerprint density at radius 3 is 2.64 bits per heavy atom. The first-order chi connectivity index (χ1) is 10.4. The minimum atomic E-state index is -1.16. The Kier molecular flexibility index (Phi) is 8.19. The minimum absolute atomic E-state index is 0.0507. The first-order valence-corrected chi connectivity index (χ1v) is 7.22. The first-order valence-electron chi connectivity index (χ1n) is 6.46. The molecule has 0 aliphatic carbocycles. The largest absolute Gasteiger partial charge is 0.480 e. The predicted octanol–water partition coefficient (Wildman–Crippen LogP) is 1.77. The Bertz CT molecular complexity index is 524. The fourth-order valence-electron chi connectivity index (χ4n) is 1.65. The lowest BCUT2D eigenvalue weighted by atomic mass is 10.1. The van der Waals surface area contributed by atoms with Crippen LogP contribution in [0.5, 0.6) is 0 Å². The molecule has 0 unspecified atom stereocenters. The second kappa shape index (κ2) is 9.63. The SMILES string of the molecule is COCCOCC(=O)N[C@H](Cc1ccc(Cl)cc1Cl)C(=O)O. The number of carboxylic acid groups (broad SMARTS) is 1. The molecule has 0 saturated heterocycles. The molecule has 1 aromatic carbocycles. The number of rotatable bonds is 9. The number of nitrogens with one attached hydrogen (secondary N) is 1. The summed E-state index contributed by atoms with van der Waals surface area (Å²) >= 11 is 11.8. The smallest absolute Gasteiger partial charge is 0.326 e. The number of halogens is 2. The summed E-state index contributed by atoms with van der Waals surface area (Å²) < 4.78 is 9.80. The summed E-state index contributed by atoms with van der Waals surface area (Å²) in [5.41, 5.74) is 0.582. The zero-order chi connectivity index (χ0) is 16.5. The summed E-state index contributed by atoms with van der Waals surface area (Å²) in [6, 6.07) is 3.66. The number of ether oxygens (including phenoxy) is 2. The highest BCUT2D eigenvalue weighted by atomic mass is 35.5. The highest BCUT2D eigenvalue weighted by Crippen LogP contribution is 2.22. The third kappa shape index (κ3) is 6.62. The Balaban J connectivity index is 2.58. The maximum absolute atomic E-state index is 11.7. The van der Waals surface area contributed by atoms with E-state index in [9.17, 15) is 14.7 Å². The molecule has 0 spiro atoms. The van der Waals surface area contributed by atoms with Crippen molar-refractivity contribution >= 4 is 35.1 Å². The number of hydrogen-bond donors (Lipinski definition) is 2. The Hall–Kier alpha value is -1.34. The van der Waals surface area contributed by atoms with Gasteiger partial charge in [0.2, 0.25) is 5.91 Å². The molecule has 0 radical (unpaired) electrons. The van der Waals surface area contributed by atoms with Gasteiger partial charge >= 0.3 is 5.97 Å². The van der Waals surface area contributed by atoms with Gasteiger partial charge in [-0.2, -0.15) is 0 Å². The van der Waals surface area contributed by atoms with E-state index in [1.807, 2.05) is 0 Å². The number of benzene rings is 1. The average molecular weight is 350 g/mol. The van der Waals surface area contributed by atoms with Crippen molar-refractivity contribution in [3.8, 4) is 0 Å². The van der Waals surface area contributed by atoms with Gasteiger partial charge in [0.1, 0.15) is 12.6 Å². The lowest BCUT2D eigenvalue weighted by Gasteiger charge is -2.15. The Labute approximate surface area is 138 Å². The van der Waals surface area contributed by atoms with Crippen LogP contribution in [0.25, 0.3) is 0 Å². The van der Waals surface area contributed by atoms with E-state index in [0.29, 0.717) is 22.2 Å². The van der Waals surface area contributed by atoms with Crippen LogP contribution in [-0.2, 0) is 25.5 Å². The number of methoxy groups -OCH3 is 1. The molecule has 0 fully saturated rings. The monoisotopic (exact) mass is 349 g/mol. The fraction of sp³-hybridized carbons (Fsp3) is 0.429. The van der Waals surface area contributed by atoms with Crippen molar-refractivity contribution in [1.82, 2.24) is 5.32 Å². The molecular formula is C14H17Cl2NO5. The van der Waals surface area contributed by atoms with Gasteiger partial charge in [0.05, 0.1) is 13.2 Å². The molecule has 0 heterocycles. The van der Waals surface area contributed by atoms with Crippen molar-refractivity contribution in [2.45, 2.75) is 12.5 Å². The van der Waals surface area contributed by atoms with Crippen LogP contribution in [0.2, 0.25) is 10.0 Å². The first kappa shape index (κ1) is 18.7. The Morgan fingerprint density at radius 1 is 1.32 bits per heavy atom. The number of carboxylic acids is 1. The van der Waals surface area contributed by atoms with Crippen molar-refractivity contribution in [2.75, 3.05) is 26.9 Å². The van der Waals surface area contributed by atoms with E-state index in [1.165, 1.54) is 13.2 Å². The zero-order valence-corrected chi connectivity index (χ0v) is 13.5. The molecule has 6 nitrogen and oxygen atoms in total. The predicted molar refractivity (Wildman–Crippen MR) is 82.4 cm³/mol. The van der Waals surface area contributed by atoms with Crippen LogP contribution >= 0.6 is 23.2 Å². The molecule has 2 N–H and O–H groups in total. The molecule has 0 aliphatic rings. The molecule has 0 aromatic heterocycles. The van der Waals surface area contributed by atoms with E-state index in [4.69, 9.17) is 32.7 Å². The number of hydrogen-bond acceptors (Lipinski definition) is 4. The normalized spacial score (nSPS) is 12.0. The third-order valence-corrected chi connectivity index (χ3v) is 3.32. The molecule has 1 amide bonds. The lowest BCUT2D eigenvalue weighted by Crippen LogP contribution is -2.44. The van der Waals surface area contributed by atoms with Crippen molar-refractivity contribution in [2.24, 2.45) is 0 Å². The minimum Gasteiger partial charge on any atom is -0.480 e. The van der Waals surface area contributed by atoms with E-state index in [2.05, 4.69) is 5.32 Å². The van der Waals surface area contributed by atoms with Crippen molar-refractivity contribution < 1.29 is 24.2 Å². The van der Waals surface area contributed by atoms with Crippen molar-refractivity contribution in [3.63, 3.8) is 0 Å². The number of carbonyl (C=O) groups is 2. The van der Waals surface area contributed by atoms with Gasteiger partial charge in [0.25, 0.3) is 0 Å². The van der Waals surface area contributed by atoms with Gasteiger partial charge in [0.15, 0.2) is 0 Å². The van der Waals surface area contributed by atoms with Gasteiger partial charge < -0.3 is 19.9 Å².